The third kappa shape index (κ3) is 10.7. The summed E-state index contributed by atoms with van der Waals surface area (Å²) in [6.45, 7) is 0. The van der Waals surface area contributed by atoms with E-state index in [1.54, 1.807) is 0 Å². The van der Waals surface area contributed by atoms with Crippen molar-refractivity contribution < 1.29 is 15.8 Å². The van der Waals surface area contributed by atoms with Crippen LogP contribution < -0.4 is 11.5 Å². The molecule has 0 fully saturated rings. The van der Waals surface area contributed by atoms with E-state index < -0.39 is 19.3 Å². The van der Waals surface area contributed by atoms with Crippen LogP contribution in [0.1, 0.15) is 0 Å². The van der Waals surface area contributed by atoms with Gasteiger partial charge in [0.25, 0.3) is 0 Å². The molecule has 0 saturated heterocycles. The van der Waals surface area contributed by atoms with E-state index in [1.165, 1.54) is 0 Å². The maximum atomic E-state index is 9.72. The summed E-state index contributed by atoms with van der Waals surface area (Å²) in [6, 6.07) is 0. The Balaban J connectivity index is 0. The third-order valence-electron chi connectivity index (χ3n) is 0.237. The first-order chi connectivity index (χ1) is 3.92. The number of rotatable bonds is 2. The molecule has 0 saturated carbocycles. The summed E-state index contributed by atoms with van der Waals surface area (Å²) in [5.74, 6) is -0.572. The molecule has 0 unspecified atom stereocenters. The number of nitrogens with zero attached hydrogens (tertiary/aromatic N) is 1. The quantitative estimate of drug-likeness (QED) is 0.214. The van der Waals surface area contributed by atoms with Crippen LogP contribution in [0.25, 0.3) is 0 Å². The van der Waals surface area contributed by atoms with E-state index in [0.29, 0.717) is 0 Å². The standard InChI is InChI=1S/CH5N3O4Se.Ga/c2-1(3)4-8-9(5,6)7;/h(H4,2,3,4)(H,5,6,7);. The van der Waals surface area contributed by atoms with Gasteiger partial charge in [0.05, 0.1) is 0 Å². The Kier molecular flexibility index (Phi) is 5.70. The molecule has 0 aromatic carbocycles. The van der Waals surface area contributed by atoms with Gasteiger partial charge in [0.15, 0.2) is 0 Å². The molecule has 0 amide bonds. The molecular formula is CH5GaN3O4Se. The van der Waals surface area contributed by atoms with Crippen LogP contribution in [0.2, 0.25) is 0 Å². The van der Waals surface area contributed by atoms with Crippen molar-refractivity contribution in [1.29, 1.82) is 0 Å². The van der Waals surface area contributed by atoms with Gasteiger partial charge < -0.3 is 0 Å². The maximum absolute atomic E-state index is 9.72. The predicted molar refractivity (Wildman–Crippen MR) is 32.0 cm³/mol. The molecule has 0 bridgehead atoms. The minimum absolute atomic E-state index is 0. The second-order valence-corrected chi connectivity index (χ2v) is 3.13. The van der Waals surface area contributed by atoms with E-state index in [-0.39, 0.29) is 19.8 Å². The Morgan fingerprint density at radius 2 is 1.90 bits per heavy atom. The molecule has 3 radical (unpaired) electrons. The van der Waals surface area contributed by atoms with Gasteiger partial charge in [-0.1, -0.05) is 0 Å². The molecular weight excluding hydrogens is 267 g/mol. The molecule has 0 aliphatic rings. The van der Waals surface area contributed by atoms with Gasteiger partial charge in [0, 0.05) is 19.8 Å². The summed E-state index contributed by atoms with van der Waals surface area (Å²) in [6.07, 6.45) is 0. The van der Waals surface area contributed by atoms with Crippen LogP contribution in [0.3, 0.4) is 0 Å². The van der Waals surface area contributed by atoms with Gasteiger partial charge in [-0.05, 0) is 0 Å². The molecule has 9 heteroatoms. The average Bonchev–Trinajstić information content (AvgIpc) is 1.59. The zero-order chi connectivity index (χ0) is 7.49. The summed E-state index contributed by atoms with van der Waals surface area (Å²) in [4.78, 5) is 0. The van der Waals surface area contributed by atoms with Crippen molar-refractivity contribution in [3.8, 4) is 0 Å². The van der Waals surface area contributed by atoms with E-state index >= 15 is 0 Å². The molecule has 0 aliphatic heterocycles. The molecule has 0 spiro atoms. The summed E-state index contributed by atoms with van der Waals surface area (Å²) >= 11 is -5.22. The second kappa shape index (κ2) is 4.58. The van der Waals surface area contributed by atoms with Gasteiger partial charge in [0.1, 0.15) is 0 Å². The molecule has 7 nitrogen and oxygen atoms in total. The Morgan fingerprint density at radius 3 is 2.00 bits per heavy atom. The van der Waals surface area contributed by atoms with Crippen LogP contribution in [-0.4, -0.2) is 43.3 Å². The number of oxime groups is 1. The predicted octanol–water partition coefficient (Wildman–Crippen LogP) is -2.90. The monoisotopic (exact) mass is 272 g/mol. The summed E-state index contributed by atoms with van der Waals surface area (Å²) in [5.41, 5.74) is 9.28. The topological polar surface area (TPSA) is 128 Å². The third-order valence-corrected chi connectivity index (χ3v) is 0.788. The molecule has 0 atom stereocenters. The largest absolute Gasteiger partial charge is 0 e. The summed E-state index contributed by atoms with van der Waals surface area (Å²) in [7, 11) is 0. The Labute approximate surface area is 71.7 Å². The minimum Gasteiger partial charge on any atom is 0 e. The Morgan fingerprint density at radius 1 is 1.50 bits per heavy atom. The number of guanidine groups is 1. The van der Waals surface area contributed by atoms with Crippen molar-refractivity contribution >= 4 is 39.1 Å². The van der Waals surface area contributed by atoms with Crippen LogP contribution in [0.15, 0.2) is 5.16 Å². The maximum Gasteiger partial charge on any atom is 0 e. The van der Waals surface area contributed by atoms with E-state index in [0.717, 1.165) is 0 Å². The van der Waals surface area contributed by atoms with E-state index in [9.17, 15) is 7.67 Å². The summed E-state index contributed by atoms with van der Waals surface area (Å²) < 4.78 is 30.7. The first-order valence-corrected chi connectivity index (χ1v) is 4.53. The van der Waals surface area contributed by atoms with Crippen LogP contribution >= 0.6 is 0 Å². The fraction of sp³-hybridized carbons (Fsp3) is 0. The fourth-order valence-electron chi connectivity index (χ4n) is 0.0901. The summed E-state index contributed by atoms with van der Waals surface area (Å²) in [5, 5.41) is 2.56. The van der Waals surface area contributed by atoms with Gasteiger partial charge >= 0.3 is 51.7 Å². The zero-order valence-electron chi connectivity index (χ0n) is 4.76. The van der Waals surface area contributed by atoms with Crippen molar-refractivity contribution in [3.63, 3.8) is 0 Å². The van der Waals surface area contributed by atoms with Crippen molar-refractivity contribution in [2.75, 3.05) is 0 Å². The van der Waals surface area contributed by atoms with E-state index in [2.05, 4.69) is 20.5 Å². The second-order valence-electron chi connectivity index (χ2n) is 1.02. The van der Waals surface area contributed by atoms with Crippen molar-refractivity contribution in [2.45, 2.75) is 0 Å². The number of nitrogens with two attached hydrogens (primary N) is 2. The molecule has 0 aromatic rings. The molecule has 0 heterocycles. The average molecular weight is 272 g/mol. The molecule has 57 valence electrons. The van der Waals surface area contributed by atoms with E-state index in [4.69, 9.17) is 4.19 Å². The number of hydrogen-bond acceptors (Lipinski definition) is 4. The first-order valence-electron chi connectivity index (χ1n) is 1.67. The fourth-order valence-corrected chi connectivity index (χ4v) is 0.468. The molecule has 5 N–H and O–H groups in total. The van der Waals surface area contributed by atoms with Crippen LogP contribution in [0, 0.1) is 0 Å². The minimum atomic E-state index is -5.22. The molecule has 0 aliphatic carbocycles. The normalized spacial score (nSPS) is 9.30. The van der Waals surface area contributed by atoms with Crippen LogP contribution in [0.4, 0.5) is 0 Å². The van der Waals surface area contributed by atoms with Crippen LogP contribution in [0.5, 0.6) is 0 Å². The Hall–Kier alpha value is -0.214. The van der Waals surface area contributed by atoms with Gasteiger partial charge in [-0.15, -0.1) is 0 Å². The van der Waals surface area contributed by atoms with Crippen molar-refractivity contribution in [3.05, 3.63) is 0 Å². The smallest absolute Gasteiger partial charge is 0 e. The van der Waals surface area contributed by atoms with Crippen molar-refractivity contribution in [1.82, 2.24) is 0 Å². The van der Waals surface area contributed by atoms with Gasteiger partial charge in [-0.25, -0.2) is 0 Å². The van der Waals surface area contributed by atoms with Crippen molar-refractivity contribution in [2.24, 2.45) is 16.6 Å². The molecule has 0 aromatic heterocycles. The first kappa shape index (κ1) is 12.5. The van der Waals surface area contributed by atoms with Gasteiger partial charge in [-0.3, -0.25) is 0 Å². The SMILES string of the molecule is NC(N)=NO[Se](=O)(=O)O.[Ga]. The molecule has 0 rings (SSSR count). The van der Waals surface area contributed by atoms with E-state index in [1.807, 2.05) is 0 Å². The number of hydrogen-bond donors (Lipinski definition) is 3. The van der Waals surface area contributed by atoms with Gasteiger partial charge in [-0.2, -0.15) is 0 Å². The zero-order valence-corrected chi connectivity index (χ0v) is 8.90. The van der Waals surface area contributed by atoms with Gasteiger partial charge in [0.2, 0.25) is 0 Å². The van der Waals surface area contributed by atoms with Crippen LogP contribution in [-0.2, 0) is 11.6 Å². The molecule has 10 heavy (non-hydrogen) atoms. The Bertz CT molecular complexity index is 205.